The van der Waals surface area contributed by atoms with Gasteiger partial charge < -0.3 is 0 Å². The van der Waals surface area contributed by atoms with Gasteiger partial charge in [-0.25, -0.2) is 13.1 Å². The van der Waals surface area contributed by atoms with Crippen LogP contribution < -0.4 is 4.72 Å². The van der Waals surface area contributed by atoms with E-state index in [1.807, 2.05) is 12.1 Å². The van der Waals surface area contributed by atoms with Crippen LogP contribution in [0.4, 0.5) is 0 Å². The molecule has 6 heteroatoms. The maximum absolute atomic E-state index is 12.7. The number of benzene rings is 2. The second kappa shape index (κ2) is 6.32. The summed E-state index contributed by atoms with van der Waals surface area (Å²) in [5.74, 6) is 0.346. The molecule has 2 aromatic rings. The van der Waals surface area contributed by atoms with Crippen molar-refractivity contribution in [2.75, 3.05) is 0 Å². The van der Waals surface area contributed by atoms with Crippen molar-refractivity contribution in [2.45, 2.75) is 23.8 Å². The Morgan fingerprint density at radius 2 is 1.73 bits per heavy atom. The highest BCUT2D eigenvalue weighted by Gasteiger charge is 2.35. The summed E-state index contributed by atoms with van der Waals surface area (Å²) in [4.78, 5) is 0.259. The SMILES string of the molecule is O=S(=O)(NC(c1ccc(Cl)cc1)C1CC1)c1ccccc1Br. The second-order valence-corrected chi connectivity index (χ2v) is 8.39. The van der Waals surface area contributed by atoms with Crippen LogP contribution >= 0.6 is 27.5 Å². The van der Waals surface area contributed by atoms with Gasteiger partial charge in [-0.3, -0.25) is 0 Å². The molecule has 3 rings (SSSR count). The molecule has 0 spiro atoms. The fraction of sp³-hybridized carbons (Fsp3) is 0.250. The number of halogens is 2. The molecule has 116 valence electrons. The molecule has 1 aliphatic rings. The van der Waals surface area contributed by atoms with E-state index in [0.29, 0.717) is 15.4 Å². The third-order valence-electron chi connectivity index (χ3n) is 3.73. The molecule has 0 heterocycles. The average molecular weight is 401 g/mol. The molecule has 1 saturated carbocycles. The molecular weight excluding hydrogens is 386 g/mol. The van der Waals surface area contributed by atoms with Crippen LogP contribution in [0.5, 0.6) is 0 Å². The van der Waals surface area contributed by atoms with Crippen LogP contribution in [0.2, 0.25) is 5.02 Å². The van der Waals surface area contributed by atoms with Crippen molar-refractivity contribution in [1.29, 1.82) is 0 Å². The van der Waals surface area contributed by atoms with Crippen molar-refractivity contribution in [3.63, 3.8) is 0 Å². The highest BCUT2D eigenvalue weighted by Crippen LogP contribution is 2.42. The molecule has 1 fully saturated rings. The maximum Gasteiger partial charge on any atom is 0.242 e. The van der Waals surface area contributed by atoms with Gasteiger partial charge in [-0.1, -0.05) is 35.9 Å². The van der Waals surface area contributed by atoms with Crippen LogP contribution in [0, 0.1) is 5.92 Å². The Labute approximate surface area is 143 Å². The van der Waals surface area contributed by atoms with Crippen molar-refractivity contribution in [2.24, 2.45) is 5.92 Å². The van der Waals surface area contributed by atoms with E-state index < -0.39 is 10.0 Å². The largest absolute Gasteiger partial charge is 0.242 e. The van der Waals surface area contributed by atoms with Gasteiger partial charge in [0.25, 0.3) is 0 Å². The Balaban J connectivity index is 1.91. The Morgan fingerprint density at radius 3 is 2.32 bits per heavy atom. The van der Waals surface area contributed by atoms with Gasteiger partial charge in [0.15, 0.2) is 0 Å². The lowest BCUT2D eigenvalue weighted by Gasteiger charge is -2.19. The van der Waals surface area contributed by atoms with Crippen molar-refractivity contribution in [3.05, 3.63) is 63.6 Å². The molecule has 0 radical (unpaired) electrons. The molecule has 3 nitrogen and oxygen atoms in total. The van der Waals surface area contributed by atoms with E-state index in [1.54, 1.807) is 36.4 Å². The molecule has 0 aliphatic heterocycles. The zero-order chi connectivity index (χ0) is 15.7. The molecule has 0 aromatic heterocycles. The molecule has 0 amide bonds. The van der Waals surface area contributed by atoms with Crippen LogP contribution in [0.3, 0.4) is 0 Å². The Hall–Kier alpha value is -0.880. The normalized spacial score (nSPS) is 16.5. The van der Waals surface area contributed by atoms with E-state index in [-0.39, 0.29) is 10.9 Å². The third kappa shape index (κ3) is 3.54. The molecule has 2 aromatic carbocycles. The quantitative estimate of drug-likeness (QED) is 0.801. The molecule has 1 aliphatic carbocycles. The van der Waals surface area contributed by atoms with E-state index in [0.717, 1.165) is 18.4 Å². The van der Waals surface area contributed by atoms with Crippen molar-refractivity contribution >= 4 is 37.6 Å². The van der Waals surface area contributed by atoms with E-state index in [9.17, 15) is 8.42 Å². The number of hydrogen-bond acceptors (Lipinski definition) is 2. The molecular formula is C16H15BrClNO2S. The summed E-state index contributed by atoms with van der Waals surface area (Å²) in [5, 5.41) is 0.645. The Morgan fingerprint density at radius 1 is 1.09 bits per heavy atom. The van der Waals surface area contributed by atoms with Gasteiger partial charge in [-0.15, -0.1) is 0 Å². The minimum absolute atomic E-state index is 0.214. The number of rotatable bonds is 5. The van der Waals surface area contributed by atoms with Crippen molar-refractivity contribution in [1.82, 2.24) is 4.72 Å². The summed E-state index contributed by atoms with van der Waals surface area (Å²) < 4.78 is 28.7. The van der Waals surface area contributed by atoms with Crippen LogP contribution in [0.25, 0.3) is 0 Å². The predicted molar refractivity (Wildman–Crippen MR) is 91.4 cm³/mol. The van der Waals surface area contributed by atoms with E-state index >= 15 is 0 Å². The summed E-state index contributed by atoms with van der Waals surface area (Å²) in [6.07, 6.45) is 2.07. The Kier molecular flexibility index (Phi) is 4.59. The van der Waals surface area contributed by atoms with Crippen LogP contribution in [0.1, 0.15) is 24.4 Å². The fourth-order valence-corrected chi connectivity index (χ4v) is 4.85. The van der Waals surface area contributed by atoms with Crippen LogP contribution in [-0.4, -0.2) is 8.42 Å². The maximum atomic E-state index is 12.7. The number of sulfonamides is 1. The zero-order valence-electron chi connectivity index (χ0n) is 11.7. The Bertz CT molecular complexity index is 773. The summed E-state index contributed by atoms with van der Waals surface area (Å²) in [6, 6.07) is 14.0. The molecule has 1 unspecified atom stereocenters. The van der Waals surface area contributed by atoms with Gasteiger partial charge >= 0.3 is 0 Å². The molecule has 1 atom stereocenters. The van der Waals surface area contributed by atoms with Gasteiger partial charge in [-0.2, -0.15) is 0 Å². The molecule has 0 saturated heterocycles. The zero-order valence-corrected chi connectivity index (χ0v) is 14.8. The average Bonchev–Trinajstić information content (AvgIpc) is 3.31. The second-order valence-electron chi connectivity index (χ2n) is 5.42. The van der Waals surface area contributed by atoms with Gasteiger partial charge in [0, 0.05) is 15.5 Å². The molecule has 1 N–H and O–H groups in total. The first-order valence-corrected chi connectivity index (χ1v) is 9.65. The fourth-order valence-electron chi connectivity index (χ4n) is 2.43. The van der Waals surface area contributed by atoms with Gasteiger partial charge in [-0.05, 0) is 64.5 Å². The third-order valence-corrected chi connectivity index (χ3v) is 6.44. The number of nitrogens with one attached hydrogen (secondary N) is 1. The highest BCUT2D eigenvalue weighted by molar-refractivity contribution is 9.10. The van der Waals surface area contributed by atoms with Crippen LogP contribution in [0.15, 0.2) is 57.9 Å². The predicted octanol–water partition coefficient (Wildman–Crippen LogP) is 4.53. The van der Waals surface area contributed by atoms with Crippen LogP contribution in [-0.2, 0) is 10.0 Å². The summed E-state index contributed by atoms with van der Waals surface area (Å²) in [7, 11) is -3.58. The molecule has 22 heavy (non-hydrogen) atoms. The van der Waals surface area contributed by atoms with E-state index in [4.69, 9.17) is 11.6 Å². The van der Waals surface area contributed by atoms with Gasteiger partial charge in [0.05, 0.1) is 4.90 Å². The minimum atomic E-state index is -3.58. The summed E-state index contributed by atoms with van der Waals surface area (Å²) >= 11 is 9.22. The van der Waals surface area contributed by atoms with Crippen molar-refractivity contribution < 1.29 is 8.42 Å². The summed E-state index contributed by atoms with van der Waals surface area (Å²) in [5.41, 5.74) is 0.947. The van der Waals surface area contributed by atoms with Gasteiger partial charge in [0.1, 0.15) is 0 Å². The standard InChI is InChI=1S/C16H15BrClNO2S/c17-14-3-1-2-4-15(14)22(20,21)19-16(11-5-6-11)12-7-9-13(18)10-8-12/h1-4,7-11,16,19H,5-6H2. The summed E-state index contributed by atoms with van der Waals surface area (Å²) in [6.45, 7) is 0. The topological polar surface area (TPSA) is 46.2 Å². The first kappa shape index (κ1) is 16.0. The first-order valence-electron chi connectivity index (χ1n) is 7.00. The van der Waals surface area contributed by atoms with E-state index in [2.05, 4.69) is 20.7 Å². The van der Waals surface area contributed by atoms with Gasteiger partial charge in [0.2, 0.25) is 10.0 Å². The highest BCUT2D eigenvalue weighted by atomic mass is 79.9. The lowest BCUT2D eigenvalue weighted by Crippen LogP contribution is -2.30. The molecule has 0 bridgehead atoms. The van der Waals surface area contributed by atoms with Crippen molar-refractivity contribution in [3.8, 4) is 0 Å². The monoisotopic (exact) mass is 399 g/mol. The minimum Gasteiger partial charge on any atom is -0.207 e. The van der Waals surface area contributed by atoms with E-state index in [1.165, 1.54) is 0 Å². The smallest absolute Gasteiger partial charge is 0.207 e. The lowest BCUT2D eigenvalue weighted by molar-refractivity contribution is 0.528. The lowest BCUT2D eigenvalue weighted by atomic mass is 10.0. The number of hydrogen-bond donors (Lipinski definition) is 1. The first-order chi connectivity index (χ1) is 10.5.